The van der Waals surface area contributed by atoms with Crippen molar-refractivity contribution in [2.24, 2.45) is 0 Å². The Morgan fingerprint density at radius 2 is 1.88 bits per heavy atom. The van der Waals surface area contributed by atoms with Crippen molar-refractivity contribution in [3.63, 3.8) is 0 Å². The predicted octanol–water partition coefficient (Wildman–Crippen LogP) is 1.73. The third-order valence-corrected chi connectivity index (χ3v) is 6.74. The highest BCUT2D eigenvalue weighted by Gasteiger charge is 2.23. The molecule has 1 fully saturated rings. The zero-order chi connectivity index (χ0) is 22.5. The predicted molar refractivity (Wildman–Crippen MR) is 122 cm³/mol. The number of nitrogens with zero attached hydrogens (tertiary/aromatic N) is 5. The Morgan fingerprint density at radius 3 is 2.56 bits per heavy atom. The van der Waals surface area contributed by atoms with Crippen molar-refractivity contribution < 1.29 is 14.0 Å². The number of nitrogen functional groups attached to an aromatic ring is 1. The Balaban J connectivity index is 1.21. The van der Waals surface area contributed by atoms with E-state index in [1.807, 2.05) is 22.4 Å². The molecule has 3 aromatic rings. The van der Waals surface area contributed by atoms with Gasteiger partial charge in [0.1, 0.15) is 5.82 Å². The van der Waals surface area contributed by atoms with E-state index in [1.54, 1.807) is 4.90 Å². The van der Waals surface area contributed by atoms with Gasteiger partial charge in [0, 0.05) is 31.9 Å². The lowest BCUT2D eigenvalue weighted by Gasteiger charge is -2.34. The first-order chi connectivity index (χ1) is 15.5. The van der Waals surface area contributed by atoms with Crippen LogP contribution in [0.1, 0.15) is 0 Å². The molecule has 2 aromatic heterocycles. The van der Waals surface area contributed by atoms with E-state index in [9.17, 15) is 14.0 Å². The Morgan fingerprint density at radius 1 is 1.12 bits per heavy atom. The van der Waals surface area contributed by atoms with Gasteiger partial charge in [-0.1, -0.05) is 17.8 Å². The van der Waals surface area contributed by atoms with Crippen molar-refractivity contribution in [1.82, 2.24) is 24.7 Å². The monoisotopic (exact) mass is 475 g/mol. The van der Waals surface area contributed by atoms with Crippen LogP contribution in [0.4, 0.5) is 10.1 Å². The molecule has 3 heterocycles. The maximum absolute atomic E-state index is 13.0. The number of hydrogen-bond donors (Lipinski definition) is 2. The van der Waals surface area contributed by atoms with E-state index in [0.717, 1.165) is 4.88 Å². The van der Waals surface area contributed by atoms with Crippen LogP contribution in [-0.4, -0.2) is 75.0 Å². The summed E-state index contributed by atoms with van der Waals surface area (Å²) in [5.41, 5.74) is 0.553. The summed E-state index contributed by atoms with van der Waals surface area (Å²) < 4.78 is 14.4. The highest BCUT2D eigenvalue weighted by atomic mass is 32.2. The van der Waals surface area contributed by atoms with Crippen LogP contribution in [0.3, 0.4) is 0 Å². The maximum Gasteiger partial charge on any atom is 0.238 e. The number of thiophene rings is 1. The number of piperazine rings is 1. The van der Waals surface area contributed by atoms with Crippen LogP contribution >= 0.6 is 23.1 Å². The molecule has 0 unspecified atom stereocenters. The number of hydrogen-bond acceptors (Lipinski definition) is 8. The zero-order valence-corrected chi connectivity index (χ0v) is 18.7. The number of rotatable bonds is 7. The summed E-state index contributed by atoms with van der Waals surface area (Å²) >= 11 is 2.77. The summed E-state index contributed by atoms with van der Waals surface area (Å²) in [7, 11) is 0. The summed E-state index contributed by atoms with van der Waals surface area (Å²) in [5, 5.41) is 13.4. The summed E-state index contributed by atoms with van der Waals surface area (Å²) in [6.45, 7) is 2.50. The second-order valence-electron chi connectivity index (χ2n) is 7.15. The molecule has 12 heteroatoms. The molecular weight excluding hydrogens is 453 g/mol. The van der Waals surface area contributed by atoms with Crippen LogP contribution in [0.15, 0.2) is 46.9 Å². The summed E-state index contributed by atoms with van der Waals surface area (Å²) in [6, 6.07) is 9.47. The van der Waals surface area contributed by atoms with Crippen molar-refractivity contribution in [2.45, 2.75) is 5.16 Å². The van der Waals surface area contributed by atoms with E-state index in [-0.39, 0.29) is 29.9 Å². The van der Waals surface area contributed by atoms with Crippen molar-refractivity contribution in [3.8, 4) is 10.7 Å². The summed E-state index contributed by atoms with van der Waals surface area (Å²) in [6.07, 6.45) is 0. The van der Waals surface area contributed by atoms with Gasteiger partial charge in [-0.25, -0.2) is 9.07 Å². The lowest BCUT2D eigenvalue weighted by atomic mass is 10.3. The molecule has 0 radical (unpaired) electrons. The highest BCUT2D eigenvalue weighted by molar-refractivity contribution is 7.99. The SMILES string of the molecule is Nn1c(SCC(=O)N2CCN(CC(=O)Nc3ccc(F)cc3)CC2)nnc1-c1cccs1. The van der Waals surface area contributed by atoms with Crippen LogP contribution in [0.25, 0.3) is 10.7 Å². The topological polar surface area (TPSA) is 109 Å². The van der Waals surface area contributed by atoms with Crippen LogP contribution in [-0.2, 0) is 9.59 Å². The Kier molecular flexibility index (Phi) is 7.02. The second-order valence-corrected chi connectivity index (χ2v) is 9.04. The molecular formula is C20H22FN7O2S2. The quantitative estimate of drug-likeness (QED) is 0.396. The van der Waals surface area contributed by atoms with Crippen LogP contribution in [0, 0.1) is 5.82 Å². The molecule has 4 rings (SSSR count). The first kappa shape index (κ1) is 22.2. The van der Waals surface area contributed by atoms with Gasteiger partial charge in [0.05, 0.1) is 17.2 Å². The fraction of sp³-hybridized carbons (Fsp3) is 0.300. The van der Waals surface area contributed by atoms with Gasteiger partial charge in [-0.2, -0.15) is 0 Å². The minimum Gasteiger partial charge on any atom is -0.339 e. The van der Waals surface area contributed by atoms with Gasteiger partial charge in [-0.3, -0.25) is 14.5 Å². The Hall–Kier alpha value is -2.96. The minimum atomic E-state index is -0.350. The lowest BCUT2D eigenvalue weighted by molar-refractivity contribution is -0.130. The van der Waals surface area contributed by atoms with E-state index < -0.39 is 0 Å². The smallest absolute Gasteiger partial charge is 0.238 e. The molecule has 0 atom stereocenters. The largest absolute Gasteiger partial charge is 0.339 e. The third-order valence-electron chi connectivity index (χ3n) is 4.95. The average Bonchev–Trinajstić information content (AvgIpc) is 3.44. The number of nitrogens with two attached hydrogens (primary N) is 1. The molecule has 1 aromatic carbocycles. The fourth-order valence-electron chi connectivity index (χ4n) is 3.26. The fourth-order valence-corrected chi connectivity index (χ4v) is 4.72. The van der Waals surface area contributed by atoms with E-state index in [4.69, 9.17) is 5.84 Å². The summed E-state index contributed by atoms with van der Waals surface area (Å²) in [4.78, 5) is 29.5. The number of carbonyl (C=O) groups excluding carboxylic acids is 2. The Bertz CT molecular complexity index is 1060. The van der Waals surface area contributed by atoms with Crippen molar-refractivity contribution in [2.75, 3.05) is 49.6 Å². The number of nitrogens with one attached hydrogen (secondary N) is 1. The zero-order valence-electron chi connectivity index (χ0n) is 17.1. The number of amides is 2. The van der Waals surface area contributed by atoms with Crippen LogP contribution in [0.2, 0.25) is 0 Å². The standard InChI is InChI=1S/C20H22FN7O2S2/c21-14-3-5-15(6-4-14)23-17(29)12-26-7-9-27(10-8-26)18(30)13-32-20-25-24-19(28(20)22)16-2-1-11-31-16/h1-6,11H,7-10,12-13,22H2,(H,23,29). The Labute approximate surface area is 192 Å². The highest BCUT2D eigenvalue weighted by Crippen LogP contribution is 2.25. The number of benzene rings is 1. The van der Waals surface area contributed by atoms with Crippen LogP contribution < -0.4 is 11.2 Å². The van der Waals surface area contributed by atoms with Crippen molar-refractivity contribution in [3.05, 3.63) is 47.6 Å². The normalized spacial score (nSPS) is 14.5. The molecule has 1 aliphatic heterocycles. The molecule has 0 aliphatic carbocycles. The van der Waals surface area contributed by atoms with Crippen LogP contribution in [0.5, 0.6) is 0 Å². The van der Waals surface area contributed by atoms with Crippen molar-refractivity contribution >= 4 is 40.6 Å². The molecule has 1 saturated heterocycles. The van der Waals surface area contributed by atoms with Gasteiger partial charge < -0.3 is 16.1 Å². The minimum absolute atomic E-state index is 0.00825. The van der Waals surface area contributed by atoms with Gasteiger partial charge in [-0.05, 0) is 35.7 Å². The molecule has 1 aliphatic rings. The van der Waals surface area contributed by atoms with E-state index in [0.29, 0.717) is 42.8 Å². The molecule has 0 bridgehead atoms. The number of anilines is 1. The number of carbonyl (C=O) groups is 2. The average molecular weight is 476 g/mol. The molecule has 3 N–H and O–H groups in total. The number of halogens is 1. The van der Waals surface area contributed by atoms with Gasteiger partial charge in [0.2, 0.25) is 17.0 Å². The van der Waals surface area contributed by atoms with Gasteiger partial charge >= 0.3 is 0 Å². The van der Waals surface area contributed by atoms with E-state index in [1.165, 1.54) is 52.0 Å². The number of thioether (sulfide) groups is 1. The maximum atomic E-state index is 13.0. The van der Waals surface area contributed by atoms with E-state index in [2.05, 4.69) is 15.5 Å². The molecule has 168 valence electrons. The van der Waals surface area contributed by atoms with Gasteiger partial charge in [-0.15, -0.1) is 21.5 Å². The summed E-state index contributed by atoms with van der Waals surface area (Å²) in [5.74, 6) is 6.33. The first-order valence-corrected chi connectivity index (χ1v) is 11.8. The molecule has 9 nitrogen and oxygen atoms in total. The second kappa shape index (κ2) is 10.1. The molecule has 0 spiro atoms. The number of aromatic nitrogens is 3. The molecule has 2 amide bonds. The van der Waals surface area contributed by atoms with E-state index >= 15 is 0 Å². The van der Waals surface area contributed by atoms with Crippen molar-refractivity contribution in [1.29, 1.82) is 0 Å². The molecule has 32 heavy (non-hydrogen) atoms. The molecule has 0 saturated carbocycles. The lowest BCUT2D eigenvalue weighted by Crippen LogP contribution is -2.50. The van der Waals surface area contributed by atoms with Gasteiger partial charge in [0.25, 0.3) is 0 Å². The van der Waals surface area contributed by atoms with Gasteiger partial charge in [0.15, 0.2) is 5.82 Å². The third kappa shape index (κ3) is 5.44. The first-order valence-electron chi connectivity index (χ1n) is 9.92.